The van der Waals surface area contributed by atoms with Crippen LogP contribution in [0.2, 0.25) is 5.02 Å². The molecule has 0 aliphatic carbocycles. The van der Waals surface area contributed by atoms with Crippen LogP contribution in [0.25, 0.3) is 5.57 Å². The number of imide groups is 1. The summed E-state index contributed by atoms with van der Waals surface area (Å²) in [5.41, 5.74) is 1.75. The molecule has 0 bridgehead atoms. The van der Waals surface area contributed by atoms with Gasteiger partial charge in [0.1, 0.15) is 5.70 Å². The quantitative estimate of drug-likeness (QED) is 0.682. The molecule has 0 saturated carbocycles. The maximum atomic E-state index is 13.5. The Balaban J connectivity index is 1.84. The average molecular weight is 429 g/mol. The van der Waals surface area contributed by atoms with Crippen molar-refractivity contribution in [2.75, 3.05) is 45.4 Å². The van der Waals surface area contributed by atoms with Crippen molar-refractivity contribution in [2.24, 2.45) is 0 Å². The SMILES string of the molecule is COc1ccc(C2=C(N3CCOCC3)C(=O)N(c3ccc(Cl)cc3)C2=O)cc1OC. The fraction of sp³-hybridized carbons (Fsp3) is 0.273. The summed E-state index contributed by atoms with van der Waals surface area (Å²) in [6.45, 7) is 2.04. The number of carbonyl (C=O) groups is 2. The number of hydrogen-bond acceptors (Lipinski definition) is 6. The van der Waals surface area contributed by atoms with Crippen molar-refractivity contribution in [1.82, 2.24) is 4.90 Å². The van der Waals surface area contributed by atoms with Gasteiger partial charge in [0.05, 0.1) is 38.7 Å². The predicted octanol–water partition coefficient (Wildman–Crippen LogP) is 2.97. The number of hydrogen-bond donors (Lipinski definition) is 0. The molecule has 156 valence electrons. The standard InChI is InChI=1S/C22H21ClN2O5/c1-28-17-8-3-14(13-18(17)29-2)19-20(24-9-11-30-12-10-24)22(27)25(21(19)26)16-6-4-15(23)5-7-16/h3-8,13H,9-12H2,1-2H3. The molecule has 0 atom stereocenters. The van der Waals surface area contributed by atoms with Crippen LogP contribution in [0.4, 0.5) is 5.69 Å². The third-order valence-corrected chi connectivity index (χ3v) is 5.40. The maximum absolute atomic E-state index is 13.5. The van der Waals surface area contributed by atoms with Gasteiger partial charge in [-0.05, 0) is 42.0 Å². The molecule has 4 rings (SSSR count). The lowest BCUT2D eigenvalue weighted by molar-refractivity contribution is -0.121. The highest BCUT2D eigenvalue weighted by molar-refractivity contribution is 6.45. The molecule has 30 heavy (non-hydrogen) atoms. The average Bonchev–Trinajstić information content (AvgIpc) is 3.04. The first-order chi connectivity index (χ1) is 14.5. The van der Waals surface area contributed by atoms with Gasteiger partial charge in [-0.3, -0.25) is 9.59 Å². The Morgan fingerprint density at radius 3 is 2.20 bits per heavy atom. The predicted molar refractivity (Wildman–Crippen MR) is 113 cm³/mol. The lowest BCUT2D eigenvalue weighted by Crippen LogP contribution is -2.40. The van der Waals surface area contributed by atoms with Gasteiger partial charge in [0, 0.05) is 18.1 Å². The molecular formula is C22H21ClN2O5. The molecule has 1 saturated heterocycles. The van der Waals surface area contributed by atoms with E-state index < -0.39 is 5.91 Å². The van der Waals surface area contributed by atoms with Gasteiger partial charge in [-0.2, -0.15) is 0 Å². The maximum Gasteiger partial charge on any atom is 0.282 e. The molecule has 2 aliphatic heterocycles. The Labute approximate surface area is 179 Å². The first kappa shape index (κ1) is 20.3. The molecule has 2 aliphatic rings. The van der Waals surface area contributed by atoms with Gasteiger partial charge in [0.2, 0.25) is 0 Å². The fourth-order valence-electron chi connectivity index (χ4n) is 3.68. The zero-order valence-electron chi connectivity index (χ0n) is 16.7. The van der Waals surface area contributed by atoms with Gasteiger partial charge in [0.25, 0.3) is 11.8 Å². The largest absolute Gasteiger partial charge is 0.493 e. The van der Waals surface area contributed by atoms with Crippen molar-refractivity contribution in [2.45, 2.75) is 0 Å². The molecule has 0 spiro atoms. The smallest absolute Gasteiger partial charge is 0.282 e. The van der Waals surface area contributed by atoms with E-state index in [2.05, 4.69) is 0 Å². The second kappa shape index (κ2) is 8.38. The van der Waals surface area contributed by atoms with Crippen molar-refractivity contribution in [1.29, 1.82) is 0 Å². The number of morpholine rings is 1. The van der Waals surface area contributed by atoms with Crippen LogP contribution in [-0.4, -0.2) is 57.2 Å². The highest BCUT2D eigenvalue weighted by atomic mass is 35.5. The lowest BCUT2D eigenvalue weighted by Gasteiger charge is -2.29. The molecule has 8 heteroatoms. The third kappa shape index (κ3) is 3.51. The summed E-state index contributed by atoms with van der Waals surface area (Å²) in [7, 11) is 3.07. The van der Waals surface area contributed by atoms with E-state index in [0.29, 0.717) is 65.3 Å². The molecule has 2 amide bonds. The van der Waals surface area contributed by atoms with E-state index in [4.69, 9.17) is 25.8 Å². The van der Waals surface area contributed by atoms with Crippen molar-refractivity contribution in [3.63, 3.8) is 0 Å². The Kier molecular flexibility index (Phi) is 5.65. The molecule has 0 unspecified atom stereocenters. The van der Waals surface area contributed by atoms with E-state index in [1.54, 1.807) is 49.6 Å². The van der Waals surface area contributed by atoms with Crippen LogP contribution in [-0.2, 0) is 14.3 Å². The normalized spacial score (nSPS) is 17.0. The molecule has 2 aromatic rings. The van der Waals surface area contributed by atoms with Crippen LogP contribution >= 0.6 is 11.6 Å². The Morgan fingerprint density at radius 2 is 1.57 bits per heavy atom. The molecule has 0 N–H and O–H groups in total. The molecule has 2 aromatic carbocycles. The number of carbonyl (C=O) groups excluding carboxylic acids is 2. The second-order valence-corrected chi connectivity index (χ2v) is 7.25. The Bertz CT molecular complexity index is 1010. The summed E-state index contributed by atoms with van der Waals surface area (Å²) in [4.78, 5) is 30.0. The fourth-order valence-corrected chi connectivity index (χ4v) is 3.80. The van der Waals surface area contributed by atoms with Gasteiger partial charge in [-0.1, -0.05) is 17.7 Å². The van der Waals surface area contributed by atoms with Crippen molar-refractivity contribution >= 4 is 34.7 Å². The summed E-state index contributed by atoms with van der Waals surface area (Å²) in [6, 6.07) is 11.8. The summed E-state index contributed by atoms with van der Waals surface area (Å²) >= 11 is 5.98. The van der Waals surface area contributed by atoms with E-state index in [0.717, 1.165) is 0 Å². The number of nitrogens with zero attached hydrogens (tertiary/aromatic N) is 2. The molecule has 1 fully saturated rings. The van der Waals surface area contributed by atoms with E-state index in [-0.39, 0.29) is 5.91 Å². The number of methoxy groups -OCH3 is 2. The van der Waals surface area contributed by atoms with E-state index in [1.165, 1.54) is 12.0 Å². The summed E-state index contributed by atoms with van der Waals surface area (Å²) < 4.78 is 16.1. The molecule has 7 nitrogen and oxygen atoms in total. The van der Waals surface area contributed by atoms with Gasteiger partial charge in [-0.25, -0.2) is 4.90 Å². The number of halogens is 1. The topological polar surface area (TPSA) is 68.3 Å². The third-order valence-electron chi connectivity index (χ3n) is 5.14. The highest BCUT2D eigenvalue weighted by Crippen LogP contribution is 2.38. The zero-order chi connectivity index (χ0) is 21.3. The van der Waals surface area contributed by atoms with Crippen molar-refractivity contribution in [3.05, 3.63) is 58.7 Å². The van der Waals surface area contributed by atoms with E-state index in [9.17, 15) is 9.59 Å². The minimum absolute atomic E-state index is 0.331. The molecular weight excluding hydrogens is 408 g/mol. The van der Waals surface area contributed by atoms with E-state index >= 15 is 0 Å². The van der Waals surface area contributed by atoms with Crippen LogP contribution in [0.3, 0.4) is 0 Å². The lowest BCUT2D eigenvalue weighted by atomic mass is 10.0. The number of rotatable bonds is 5. The molecule has 2 heterocycles. The monoisotopic (exact) mass is 428 g/mol. The first-order valence-corrected chi connectivity index (χ1v) is 9.86. The summed E-state index contributed by atoms with van der Waals surface area (Å²) in [6.07, 6.45) is 0. The van der Waals surface area contributed by atoms with E-state index in [1.807, 2.05) is 4.90 Å². The minimum atomic E-state index is -0.393. The van der Waals surface area contributed by atoms with Gasteiger partial charge in [0.15, 0.2) is 11.5 Å². The first-order valence-electron chi connectivity index (χ1n) is 9.49. The van der Waals surface area contributed by atoms with Gasteiger partial charge in [-0.15, -0.1) is 0 Å². The Hall–Kier alpha value is -3.03. The Morgan fingerprint density at radius 1 is 0.900 bits per heavy atom. The zero-order valence-corrected chi connectivity index (χ0v) is 17.4. The van der Waals surface area contributed by atoms with Gasteiger partial charge < -0.3 is 19.1 Å². The summed E-state index contributed by atoms with van der Waals surface area (Å²) in [5, 5.41) is 0.527. The van der Waals surface area contributed by atoms with Crippen LogP contribution < -0.4 is 14.4 Å². The molecule has 0 aromatic heterocycles. The summed E-state index contributed by atoms with van der Waals surface area (Å²) in [5.74, 6) is 0.264. The number of ether oxygens (including phenoxy) is 3. The van der Waals surface area contributed by atoms with Crippen LogP contribution in [0.15, 0.2) is 48.2 Å². The van der Waals surface area contributed by atoms with Gasteiger partial charge >= 0.3 is 0 Å². The number of anilines is 1. The minimum Gasteiger partial charge on any atom is -0.493 e. The number of benzene rings is 2. The van der Waals surface area contributed by atoms with Crippen LogP contribution in [0, 0.1) is 0 Å². The van der Waals surface area contributed by atoms with Crippen LogP contribution in [0.1, 0.15) is 5.56 Å². The van der Waals surface area contributed by atoms with Crippen LogP contribution in [0.5, 0.6) is 11.5 Å². The molecule has 0 radical (unpaired) electrons. The highest BCUT2D eigenvalue weighted by Gasteiger charge is 2.43. The second-order valence-electron chi connectivity index (χ2n) is 6.81. The van der Waals surface area contributed by atoms with Crippen molar-refractivity contribution < 1.29 is 23.8 Å². The number of amides is 2. The van der Waals surface area contributed by atoms with Crippen molar-refractivity contribution in [3.8, 4) is 11.5 Å².